The molecule has 0 amide bonds. The summed E-state index contributed by atoms with van der Waals surface area (Å²) in [5.41, 5.74) is 4.99. The van der Waals surface area contributed by atoms with Gasteiger partial charge in [0.05, 0.1) is 16.6 Å². The molecule has 120 valence electrons. The van der Waals surface area contributed by atoms with E-state index in [0.717, 1.165) is 38.4 Å². The van der Waals surface area contributed by atoms with Crippen LogP contribution in [0.5, 0.6) is 0 Å². The zero-order valence-electron chi connectivity index (χ0n) is 13.4. The number of nitrogens with zero attached hydrogens (tertiary/aromatic N) is 3. The van der Waals surface area contributed by atoms with Crippen LogP contribution in [-0.2, 0) is 6.54 Å². The van der Waals surface area contributed by atoms with Gasteiger partial charge in [-0.25, -0.2) is 4.39 Å². The van der Waals surface area contributed by atoms with Crippen LogP contribution >= 0.6 is 0 Å². The Kier molecular flexibility index (Phi) is 3.04. The molecule has 2 aromatic heterocycles. The van der Waals surface area contributed by atoms with Crippen LogP contribution in [0.3, 0.4) is 0 Å². The second-order valence-electron chi connectivity index (χ2n) is 6.14. The third-order valence-corrected chi connectivity index (χ3v) is 4.62. The summed E-state index contributed by atoms with van der Waals surface area (Å²) in [5.74, 6) is -0.220. The van der Waals surface area contributed by atoms with Gasteiger partial charge in [-0.2, -0.15) is 0 Å². The van der Waals surface area contributed by atoms with Crippen molar-refractivity contribution in [3.05, 3.63) is 84.2 Å². The average Bonchev–Trinajstić information content (AvgIpc) is 2.98. The van der Waals surface area contributed by atoms with Gasteiger partial charge in [-0.3, -0.25) is 0 Å². The molecule has 0 aliphatic heterocycles. The van der Waals surface area contributed by atoms with Crippen molar-refractivity contribution < 1.29 is 4.39 Å². The smallest absolute Gasteiger partial charge is 0.123 e. The number of hydrogen-bond acceptors (Lipinski definition) is 2. The zero-order chi connectivity index (χ0) is 16.8. The normalized spacial score (nSPS) is 11.6. The number of halogens is 1. The first-order valence-electron chi connectivity index (χ1n) is 8.18. The van der Waals surface area contributed by atoms with Gasteiger partial charge in [0.15, 0.2) is 0 Å². The Hall–Kier alpha value is -3.27. The molecular weight excluding hydrogens is 313 g/mol. The van der Waals surface area contributed by atoms with E-state index in [0.29, 0.717) is 6.54 Å². The molecule has 4 heteroatoms. The molecule has 5 rings (SSSR count). The first-order valence-corrected chi connectivity index (χ1v) is 8.18. The monoisotopic (exact) mass is 327 g/mol. The number of fused-ring (bicyclic) bond motifs is 5. The predicted octanol–water partition coefficient (Wildman–Crippen LogP) is 4.93. The van der Waals surface area contributed by atoms with Crippen molar-refractivity contribution in [2.24, 2.45) is 0 Å². The largest absolute Gasteiger partial charge is 0.334 e. The van der Waals surface area contributed by atoms with Crippen LogP contribution in [0.1, 0.15) is 5.56 Å². The van der Waals surface area contributed by atoms with Gasteiger partial charge < -0.3 is 4.57 Å². The topological polar surface area (TPSA) is 30.7 Å². The molecule has 0 saturated heterocycles. The van der Waals surface area contributed by atoms with Gasteiger partial charge in [-0.1, -0.05) is 48.5 Å². The maximum absolute atomic E-state index is 13.3. The molecule has 0 aliphatic carbocycles. The van der Waals surface area contributed by atoms with Crippen LogP contribution in [0.25, 0.3) is 32.8 Å². The lowest BCUT2D eigenvalue weighted by Crippen LogP contribution is -2.00. The molecule has 5 aromatic rings. The van der Waals surface area contributed by atoms with E-state index in [1.165, 1.54) is 12.1 Å². The molecule has 0 spiro atoms. The number of aromatic nitrogens is 3. The van der Waals surface area contributed by atoms with E-state index in [2.05, 4.69) is 33.0 Å². The first-order chi connectivity index (χ1) is 12.3. The summed E-state index contributed by atoms with van der Waals surface area (Å²) in [4.78, 5) is 0. The molecule has 0 saturated carbocycles. The van der Waals surface area contributed by atoms with Gasteiger partial charge >= 0.3 is 0 Å². The second kappa shape index (κ2) is 5.38. The quantitative estimate of drug-likeness (QED) is 0.460. The highest BCUT2D eigenvalue weighted by molar-refractivity contribution is 6.14. The standard InChI is InChI=1S/C21H14FN3/c22-15-11-9-14(10-12-15)13-25-19-8-4-2-6-17(19)20-21(25)16-5-1-3-7-18(16)23-24-20/h1-12H,13H2. The van der Waals surface area contributed by atoms with E-state index in [1.54, 1.807) is 0 Å². The predicted molar refractivity (Wildman–Crippen MR) is 98.0 cm³/mol. The number of benzene rings is 3. The third kappa shape index (κ3) is 2.18. The van der Waals surface area contributed by atoms with E-state index in [4.69, 9.17) is 0 Å². The summed E-state index contributed by atoms with van der Waals surface area (Å²) in [6, 6.07) is 22.9. The fraction of sp³-hybridized carbons (Fsp3) is 0.0476. The average molecular weight is 327 g/mol. The Morgan fingerprint density at radius 2 is 1.48 bits per heavy atom. The third-order valence-electron chi connectivity index (χ3n) is 4.62. The van der Waals surface area contributed by atoms with Crippen molar-refractivity contribution >= 4 is 32.8 Å². The van der Waals surface area contributed by atoms with Gasteiger partial charge in [0.1, 0.15) is 11.3 Å². The van der Waals surface area contributed by atoms with Crippen LogP contribution < -0.4 is 0 Å². The maximum Gasteiger partial charge on any atom is 0.123 e. The van der Waals surface area contributed by atoms with Crippen molar-refractivity contribution in [1.82, 2.24) is 14.8 Å². The minimum Gasteiger partial charge on any atom is -0.334 e. The minimum absolute atomic E-state index is 0.220. The molecule has 3 nitrogen and oxygen atoms in total. The van der Waals surface area contributed by atoms with E-state index in [1.807, 2.05) is 42.5 Å². The van der Waals surface area contributed by atoms with Crippen LogP contribution in [0.2, 0.25) is 0 Å². The summed E-state index contributed by atoms with van der Waals surface area (Å²) >= 11 is 0. The Labute approximate surface area is 143 Å². The summed E-state index contributed by atoms with van der Waals surface area (Å²) in [7, 11) is 0. The summed E-state index contributed by atoms with van der Waals surface area (Å²) in [6.07, 6.45) is 0. The number of rotatable bonds is 2. The highest BCUT2D eigenvalue weighted by Crippen LogP contribution is 2.32. The van der Waals surface area contributed by atoms with E-state index < -0.39 is 0 Å². The van der Waals surface area contributed by atoms with Crippen LogP contribution in [0.4, 0.5) is 4.39 Å². The second-order valence-corrected chi connectivity index (χ2v) is 6.14. The van der Waals surface area contributed by atoms with Gasteiger partial charge in [0.2, 0.25) is 0 Å². The van der Waals surface area contributed by atoms with Crippen molar-refractivity contribution in [2.75, 3.05) is 0 Å². The lowest BCUT2D eigenvalue weighted by molar-refractivity contribution is 0.626. The zero-order valence-corrected chi connectivity index (χ0v) is 13.4. The summed E-state index contributed by atoms with van der Waals surface area (Å²) in [6.45, 7) is 0.653. The van der Waals surface area contributed by atoms with Gasteiger partial charge in [-0.15, -0.1) is 10.2 Å². The maximum atomic E-state index is 13.3. The fourth-order valence-corrected chi connectivity index (χ4v) is 3.46. The summed E-state index contributed by atoms with van der Waals surface area (Å²) < 4.78 is 15.5. The Morgan fingerprint density at radius 3 is 2.32 bits per heavy atom. The van der Waals surface area contributed by atoms with Crippen LogP contribution in [0.15, 0.2) is 72.8 Å². The molecule has 0 atom stereocenters. The first kappa shape index (κ1) is 14.1. The van der Waals surface area contributed by atoms with Crippen LogP contribution in [0, 0.1) is 5.82 Å². The molecule has 0 aliphatic rings. The number of para-hydroxylation sites is 1. The summed E-state index contributed by atoms with van der Waals surface area (Å²) in [5, 5.41) is 11.0. The SMILES string of the molecule is Fc1ccc(Cn2c3ccccc3c3nnc4ccccc4c32)cc1. The van der Waals surface area contributed by atoms with Crippen molar-refractivity contribution in [3.63, 3.8) is 0 Å². The van der Waals surface area contributed by atoms with Gasteiger partial charge in [0.25, 0.3) is 0 Å². The Morgan fingerprint density at radius 1 is 0.760 bits per heavy atom. The number of hydrogen-bond donors (Lipinski definition) is 0. The molecule has 3 aromatic carbocycles. The fourth-order valence-electron chi connectivity index (χ4n) is 3.46. The van der Waals surface area contributed by atoms with E-state index in [-0.39, 0.29) is 5.82 Å². The molecule has 2 heterocycles. The molecule has 0 fully saturated rings. The Bertz CT molecular complexity index is 1220. The van der Waals surface area contributed by atoms with Crippen molar-refractivity contribution in [3.8, 4) is 0 Å². The molecule has 0 N–H and O–H groups in total. The lowest BCUT2D eigenvalue weighted by atomic mass is 10.2. The Balaban J connectivity index is 1.87. The molecule has 25 heavy (non-hydrogen) atoms. The van der Waals surface area contributed by atoms with Crippen LogP contribution in [-0.4, -0.2) is 14.8 Å². The van der Waals surface area contributed by atoms with E-state index >= 15 is 0 Å². The molecule has 0 unspecified atom stereocenters. The van der Waals surface area contributed by atoms with Gasteiger partial charge in [-0.05, 0) is 29.8 Å². The van der Waals surface area contributed by atoms with E-state index in [9.17, 15) is 4.39 Å². The minimum atomic E-state index is -0.220. The van der Waals surface area contributed by atoms with Crippen molar-refractivity contribution in [1.29, 1.82) is 0 Å². The van der Waals surface area contributed by atoms with Gasteiger partial charge in [0, 0.05) is 17.3 Å². The van der Waals surface area contributed by atoms with Crippen molar-refractivity contribution in [2.45, 2.75) is 6.54 Å². The molecule has 0 radical (unpaired) electrons. The highest BCUT2D eigenvalue weighted by Gasteiger charge is 2.15. The molecular formula is C21H14FN3. The lowest BCUT2D eigenvalue weighted by Gasteiger charge is -2.09. The highest BCUT2D eigenvalue weighted by atomic mass is 19.1. The molecule has 0 bridgehead atoms.